The van der Waals surface area contributed by atoms with E-state index < -0.39 is 12.0 Å². The molecule has 0 fully saturated rings. The molecule has 0 spiro atoms. The Balaban J connectivity index is 2.76. The third-order valence-electron chi connectivity index (χ3n) is 2.08. The average molecular weight is 368 g/mol. The number of nitrogens with one attached hydrogen (secondary N) is 1. The van der Waals surface area contributed by atoms with E-state index in [0.29, 0.717) is 10.6 Å². The summed E-state index contributed by atoms with van der Waals surface area (Å²) in [4.78, 5) is 22.9. The molecule has 1 rings (SSSR count). The highest BCUT2D eigenvalue weighted by Gasteiger charge is 2.17. The summed E-state index contributed by atoms with van der Waals surface area (Å²) in [5.74, 6) is -0.851. The lowest BCUT2D eigenvalue weighted by molar-refractivity contribution is -0.142. The Bertz CT molecular complexity index is 450. The standard InChI is InChI=1S/C11H11ClINO3/c1-6(11(16)17-2)14-10(15)7-3-4-9(13)8(12)5-7/h3-6H,1-2H3,(H,14,15). The number of carbonyl (C=O) groups is 2. The molecule has 0 bridgehead atoms. The van der Waals surface area contributed by atoms with Gasteiger partial charge < -0.3 is 10.1 Å². The second kappa shape index (κ2) is 6.20. The van der Waals surface area contributed by atoms with Crippen LogP contribution in [0.2, 0.25) is 5.02 Å². The van der Waals surface area contributed by atoms with Crippen LogP contribution < -0.4 is 5.32 Å². The van der Waals surface area contributed by atoms with Crippen LogP contribution in [-0.4, -0.2) is 25.0 Å². The number of rotatable bonds is 3. The molecule has 17 heavy (non-hydrogen) atoms. The van der Waals surface area contributed by atoms with Gasteiger partial charge in [0.05, 0.1) is 12.1 Å². The second-order valence-corrected chi connectivity index (χ2v) is 4.92. The third-order valence-corrected chi connectivity index (χ3v) is 3.66. The molecule has 0 saturated carbocycles. The van der Waals surface area contributed by atoms with E-state index in [-0.39, 0.29) is 5.91 Å². The lowest BCUT2D eigenvalue weighted by Crippen LogP contribution is -2.39. The van der Waals surface area contributed by atoms with Crippen LogP contribution in [0.4, 0.5) is 0 Å². The van der Waals surface area contributed by atoms with E-state index in [1.807, 2.05) is 0 Å². The molecule has 0 aliphatic heterocycles. The van der Waals surface area contributed by atoms with E-state index in [0.717, 1.165) is 3.57 Å². The first-order valence-electron chi connectivity index (χ1n) is 4.79. The van der Waals surface area contributed by atoms with Crippen molar-refractivity contribution < 1.29 is 14.3 Å². The van der Waals surface area contributed by atoms with Crippen molar-refractivity contribution in [3.8, 4) is 0 Å². The van der Waals surface area contributed by atoms with Crippen LogP contribution in [0, 0.1) is 3.57 Å². The van der Waals surface area contributed by atoms with Crippen LogP contribution in [0.25, 0.3) is 0 Å². The van der Waals surface area contributed by atoms with Crippen molar-refractivity contribution in [2.45, 2.75) is 13.0 Å². The Morgan fingerprint density at radius 3 is 2.65 bits per heavy atom. The van der Waals surface area contributed by atoms with Crippen molar-refractivity contribution in [1.29, 1.82) is 0 Å². The first-order chi connectivity index (χ1) is 7.95. The number of carbonyl (C=O) groups excluding carboxylic acids is 2. The monoisotopic (exact) mass is 367 g/mol. The van der Waals surface area contributed by atoms with E-state index in [1.165, 1.54) is 7.11 Å². The number of hydrogen-bond acceptors (Lipinski definition) is 3. The van der Waals surface area contributed by atoms with Gasteiger partial charge in [0.2, 0.25) is 0 Å². The fourth-order valence-electron chi connectivity index (χ4n) is 1.15. The first kappa shape index (κ1) is 14.2. The van der Waals surface area contributed by atoms with E-state index in [1.54, 1.807) is 25.1 Å². The maximum atomic E-state index is 11.8. The quantitative estimate of drug-likeness (QED) is 0.658. The molecule has 1 N–H and O–H groups in total. The lowest BCUT2D eigenvalue weighted by atomic mass is 10.2. The van der Waals surface area contributed by atoms with Crippen LogP contribution in [-0.2, 0) is 9.53 Å². The maximum absolute atomic E-state index is 11.8. The molecular formula is C11H11ClINO3. The summed E-state index contributed by atoms with van der Waals surface area (Å²) in [6.45, 7) is 1.55. The maximum Gasteiger partial charge on any atom is 0.328 e. The van der Waals surface area contributed by atoms with E-state index in [2.05, 4.69) is 32.6 Å². The fraction of sp³-hybridized carbons (Fsp3) is 0.273. The summed E-state index contributed by atoms with van der Waals surface area (Å²) < 4.78 is 5.37. The lowest BCUT2D eigenvalue weighted by Gasteiger charge is -2.11. The van der Waals surface area contributed by atoms with Crippen LogP contribution in [0.5, 0.6) is 0 Å². The molecule has 0 saturated heterocycles. The van der Waals surface area contributed by atoms with Crippen molar-refractivity contribution in [3.63, 3.8) is 0 Å². The van der Waals surface area contributed by atoms with Crippen LogP contribution in [0.3, 0.4) is 0 Å². The summed E-state index contributed by atoms with van der Waals surface area (Å²) in [5, 5.41) is 3.02. The van der Waals surface area contributed by atoms with Gasteiger partial charge in [-0.1, -0.05) is 11.6 Å². The molecule has 1 amide bonds. The Morgan fingerprint density at radius 1 is 1.47 bits per heavy atom. The van der Waals surface area contributed by atoms with Crippen LogP contribution in [0.15, 0.2) is 18.2 Å². The molecule has 1 atom stereocenters. The smallest absolute Gasteiger partial charge is 0.328 e. The predicted molar refractivity (Wildman–Crippen MR) is 73.1 cm³/mol. The molecule has 1 aromatic rings. The van der Waals surface area contributed by atoms with Gasteiger partial charge in [0, 0.05) is 9.13 Å². The number of esters is 1. The summed E-state index contributed by atoms with van der Waals surface area (Å²) in [6.07, 6.45) is 0. The molecule has 0 aliphatic carbocycles. The number of ether oxygens (including phenoxy) is 1. The van der Waals surface area contributed by atoms with E-state index in [4.69, 9.17) is 11.6 Å². The van der Waals surface area contributed by atoms with Crippen molar-refractivity contribution >= 4 is 46.1 Å². The summed E-state index contributed by atoms with van der Waals surface area (Å²) >= 11 is 7.97. The summed E-state index contributed by atoms with van der Waals surface area (Å²) in [7, 11) is 1.27. The highest BCUT2D eigenvalue weighted by Crippen LogP contribution is 2.19. The van der Waals surface area contributed by atoms with Crippen molar-refractivity contribution in [2.24, 2.45) is 0 Å². The third kappa shape index (κ3) is 3.85. The van der Waals surface area contributed by atoms with Gasteiger partial charge in [-0.15, -0.1) is 0 Å². The molecule has 0 heterocycles. The van der Waals surface area contributed by atoms with Gasteiger partial charge in [-0.05, 0) is 47.7 Å². The predicted octanol–water partition coefficient (Wildman–Crippen LogP) is 2.24. The van der Waals surface area contributed by atoms with Gasteiger partial charge in [-0.2, -0.15) is 0 Å². The molecule has 6 heteroatoms. The van der Waals surface area contributed by atoms with Crippen LogP contribution in [0.1, 0.15) is 17.3 Å². The van der Waals surface area contributed by atoms with Crippen molar-refractivity contribution in [1.82, 2.24) is 5.32 Å². The summed E-state index contributed by atoms with van der Waals surface area (Å²) in [5.41, 5.74) is 0.408. The zero-order valence-electron chi connectivity index (χ0n) is 9.29. The first-order valence-corrected chi connectivity index (χ1v) is 6.25. The minimum Gasteiger partial charge on any atom is -0.467 e. The van der Waals surface area contributed by atoms with Gasteiger partial charge >= 0.3 is 5.97 Å². The second-order valence-electron chi connectivity index (χ2n) is 3.35. The van der Waals surface area contributed by atoms with Gasteiger partial charge in [0.15, 0.2) is 0 Å². The molecule has 0 radical (unpaired) electrons. The van der Waals surface area contributed by atoms with Crippen molar-refractivity contribution in [3.05, 3.63) is 32.4 Å². The van der Waals surface area contributed by atoms with Gasteiger partial charge in [-0.25, -0.2) is 4.79 Å². The topological polar surface area (TPSA) is 55.4 Å². The molecule has 1 aromatic carbocycles. The van der Waals surface area contributed by atoms with Crippen LogP contribution >= 0.6 is 34.2 Å². The molecule has 0 aliphatic rings. The highest BCUT2D eigenvalue weighted by atomic mass is 127. The molecule has 92 valence electrons. The molecular weight excluding hydrogens is 356 g/mol. The largest absolute Gasteiger partial charge is 0.467 e. The molecule has 0 aromatic heterocycles. The zero-order valence-corrected chi connectivity index (χ0v) is 12.2. The van der Waals surface area contributed by atoms with E-state index >= 15 is 0 Å². The zero-order chi connectivity index (χ0) is 13.0. The van der Waals surface area contributed by atoms with E-state index in [9.17, 15) is 9.59 Å². The fourth-order valence-corrected chi connectivity index (χ4v) is 1.67. The molecule has 1 unspecified atom stereocenters. The Hall–Kier alpha value is -0.820. The normalized spacial score (nSPS) is 11.8. The minimum absolute atomic E-state index is 0.360. The highest BCUT2D eigenvalue weighted by molar-refractivity contribution is 14.1. The average Bonchev–Trinajstić information content (AvgIpc) is 2.31. The van der Waals surface area contributed by atoms with Gasteiger partial charge in [0.1, 0.15) is 6.04 Å². The van der Waals surface area contributed by atoms with Gasteiger partial charge in [0.25, 0.3) is 5.91 Å². The van der Waals surface area contributed by atoms with Crippen molar-refractivity contribution in [2.75, 3.05) is 7.11 Å². The molecule has 4 nitrogen and oxygen atoms in total. The Morgan fingerprint density at radius 2 is 2.12 bits per heavy atom. The number of benzene rings is 1. The van der Waals surface area contributed by atoms with Gasteiger partial charge in [-0.3, -0.25) is 4.79 Å². The number of methoxy groups -OCH3 is 1. The SMILES string of the molecule is COC(=O)C(C)NC(=O)c1ccc(I)c(Cl)c1. The number of halogens is 2. The number of hydrogen-bond donors (Lipinski definition) is 1. The number of amides is 1. The minimum atomic E-state index is -0.689. The summed E-state index contributed by atoms with van der Waals surface area (Å²) in [6, 6.07) is 4.25. The Labute approximate surface area is 118 Å². The Kier molecular flexibility index (Phi) is 5.20.